The monoisotopic (exact) mass is 426 g/mol. The van der Waals surface area contributed by atoms with E-state index in [1.807, 2.05) is 25.1 Å². The summed E-state index contributed by atoms with van der Waals surface area (Å²) in [4.78, 5) is 27.1. The molecule has 0 radical (unpaired) electrons. The summed E-state index contributed by atoms with van der Waals surface area (Å²) < 4.78 is 6.91. The molecule has 1 aliphatic rings. The Morgan fingerprint density at radius 2 is 1.94 bits per heavy atom. The SMILES string of the molecule is COCCN(CC(=O)Nc1cc(C(C)(C)C)nn1-c1ccc(C)cc1C)C(=O)C1CC1. The lowest BCUT2D eigenvalue weighted by Gasteiger charge is -2.22. The van der Waals surface area contributed by atoms with Crippen molar-refractivity contribution in [2.24, 2.45) is 5.92 Å². The van der Waals surface area contributed by atoms with Gasteiger partial charge < -0.3 is 15.0 Å². The van der Waals surface area contributed by atoms with Crippen LogP contribution in [0.4, 0.5) is 5.82 Å². The van der Waals surface area contributed by atoms with Gasteiger partial charge in [0.2, 0.25) is 11.8 Å². The molecular weight excluding hydrogens is 392 g/mol. The molecule has 0 aliphatic heterocycles. The molecule has 3 rings (SSSR count). The normalized spacial score (nSPS) is 13.9. The Labute approximate surface area is 184 Å². The Kier molecular flexibility index (Phi) is 6.84. The molecule has 1 aliphatic carbocycles. The maximum absolute atomic E-state index is 12.9. The minimum atomic E-state index is -0.239. The van der Waals surface area contributed by atoms with E-state index in [0.717, 1.165) is 29.8 Å². The maximum Gasteiger partial charge on any atom is 0.245 e. The van der Waals surface area contributed by atoms with Crippen molar-refractivity contribution in [2.45, 2.75) is 52.9 Å². The van der Waals surface area contributed by atoms with E-state index in [0.29, 0.717) is 19.0 Å². The van der Waals surface area contributed by atoms with E-state index < -0.39 is 0 Å². The zero-order chi connectivity index (χ0) is 22.8. The second kappa shape index (κ2) is 9.22. The van der Waals surface area contributed by atoms with E-state index in [1.165, 1.54) is 5.56 Å². The van der Waals surface area contributed by atoms with Gasteiger partial charge in [-0.2, -0.15) is 5.10 Å². The van der Waals surface area contributed by atoms with Crippen LogP contribution >= 0.6 is 0 Å². The van der Waals surface area contributed by atoms with Crippen molar-refractivity contribution in [1.29, 1.82) is 0 Å². The van der Waals surface area contributed by atoms with Gasteiger partial charge in [0, 0.05) is 31.1 Å². The van der Waals surface area contributed by atoms with Crippen LogP contribution in [0, 0.1) is 19.8 Å². The molecule has 1 heterocycles. The number of hydrogen-bond donors (Lipinski definition) is 1. The first-order valence-electron chi connectivity index (χ1n) is 10.9. The minimum Gasteiger partial charge on any atom is -0.383 e. The number of nitrogens with one attached hydrogen (secondary N) is 1. The van der Waals surface area contributed by atoms with Crippen LogP contribution in [-0.4, -0.2) is 53.3 Å². The Morgan fingerprint density at radius 1 is 1.23 bits per heavy atom. The summed E-state index contributed by atoms with van der Waals surface area (Å²) in [5, 5.41) is 7.79. The highest BCUT2D eigenvalue weighted by Crippen LogP contribution is 2.31. The zero-order valence-corrected chi connectivity index (χ0v) is 19.5. The molecule has 0 saturated heterocycles. The first kappa shape index (κ1) is 23.0. The second-order valence-electron chi connectivity index (χ2n) is 9.44. The molecule has 1 aromatic heterocycles. The number of methoxy groups -OCH3 is 1. The van der Waals surface area contributed by atoms with Gasteiger partial charge in [0.25, 0.3) is 0 Å². The van der Waals surface area contributed by atoms with Gasteiger partial charge in [-0.15, -0.1) is 0 Å². The average molecular weight is 427 g/mol. The van der Waals surface area contributed by atoms with Gasteiger partial charge in [-0.25, -0.2) is 4.68 Å². The predicted octanol–water partition coefficient (Wildman–Crippen LogP) is 3.61. The van der Waals surface area contributed by atoms with Crippen molar-refractivity contribution in [3.8, 4) is 5.69 Å². The number of rotatable bonds is 8. The second-order valence-corrected chi connectivity index (χ2v) is 9.44. The molecule has 168 valence electrons. The maximum atomic E-state index is 12.9. The van der Waals surface area contributed by atoms with Gasteiger partial charge in [0.15, 0.2) is 0 Å². The fourth-order valence-corrected chi connectivity index (χ4v) is 3.48. The van der Waals surface area contributed by atoms with Crippen molar-refractivity contribution in [2.75, 3.05) is 32.1 Å². The summed E-state index contributed by atoms with van der Waals surface area (Å²) in [6.07, 6.45) is 1.80. The Hall–Kier alpha value is -2.67. The third kappa shape index (κ3) is 5.73. The molecule has 1 fully saturated rings. The number of nitrogens with zero attached hydrogens (tertiary/aromatic N) is 3. The fourth-order valence-electron chi connectivity index (χ4n) is 3.48. The minimum absolute atomic E-state index is 0.00159. The quantitative estimate of drug-likeness (QED) is 0.700. The van der Waals surface area contributed by atoms with E-state index in [9.17, 15) is 9.59 Å². The third-order valence-electron chi connectivity index (χ3n) is 5.46. The smallest absolute Gasteiger partial charge is 0.245 e. The molecule has 1 aromatic carbocycles. The number of amides is 2. The lowest BCUT2D eigenvalue weighted by Crippen LogP contribution is -2.41. The molecule has 2 amide bonds. The van der Waals surface area contributed by atoms with E-state index in [-0.39, 0.29) is 29.7 Å². The summed E-state index contributed by atoms with van der Waals surface area (Å²) in [6.45, 7) is 11.2. The first-order valence-corrected chi connectivity index (χ1v) is 10.9. The first-order chi connectivity index (χ1) is 14.6. The number of carbonyl (C=O) groups excluding carboxylic acids is 2. The summed E-state index contributed by atoms with van der Waals surface area (Å²) in [6, 6.07) is 8.06. The van der Waals surface area contributed by atoms with Crippen molar-refractivity contribution in [1.82, 2.24) is 14.7 Å². The lowest BCUT2D eigenvalue weighted by molar-refractivity contribution is -0.136. The number of carbonyl (C=O) groups is 2. The van der Waals surface area contributed by atoms with Gasteiger partial charge in [0.1, 0.15) is 5.82 Å². The van der Waals surface area contributed by atoms with Crippen LogP contribution in [0.25, 0.3) is 5.69 Å². The van der Waals surface area contributed by atoms with Crippen LogP contribution in [0.2, 0.25) is 0 Å². The Balaban J connectivity index is 1.85. The molecule has 0 spiro atoms. The highest BCUT2D eigenvalue weighted by molar-refractivity contribution is 5.94. The molecule has 0 bridgehead atoms. The standard InChI is InChI=1S/C24H34N4O3/c1-16-7-10-19(17(2)13-16)28-21(14-20(26-28)24(3,4)5)25-22(29)15-27(11-12-31-6)23(30)18-8-9-18/h7,10,13-14,18H,8-9,11-12,15H2,1-6H3,(H,25,29). The molecule has 2 aromatic rings. The van der Waals surface area contributed by atoms with Crippen LogP contribution < -0.4 is 5.32 Å². The highest BCUT2D eigenvalue weighted by Gasteiger charge is 2.34. The third-order valence-corrected chi connectivity index (χ3v) is 5.46. The van der Waals surface area contributed by atoms with Crippen LogP contribution in [0.3, 0.4) is 0 Å². The zero-order valence-electron chi connectivity index (χ0n) is 19.5. The predicted molar refractivity (Wildman–Crippen MR) is 122 cm³/mol. The summed E-state index contributed by atoms with van der Waals surface area (Å²) in [5.74, 6) is 0.451. The summed E-state index contributed by atoms with van der Waals surface area (Å²) in [7, 11) is 1.59. The molecule has 0 atom stereocenters. The number of aryl methyl sites for hydroxylation is 2. The van der Waals surface area contributed by atoms with Crippen LogP contribution in [-0.2, 0) is 19.7 Å². The fraction of sp³-hybridized carbons (Fsp3) is 0.542. The number of hydrogen-bond acceptors (Lipinski definition) is 4. The van der Waals surface area contributed by atoms with Crippen molar-refractivity contribution < 1.29 is 14.3 Å². The number of benzene rings is 1. The van der Waals surface area contributed by atoms with E-state index in [4.69, 9.17) is 9.84 Å². The molecule has 7 heteroatoms. The van der Waals surface area contributed by atoms with Crippen LogP contribution in [0.15, 0.2) is 24.3 Å². The number of ether oxygens (including phenoxy) is 1. The van der Waals surface area contributed by atoms with Crippen LogP contribution in [0.5, 0.6) is 0 Å². The Bertz CT molecular complexity index is 954. The molecule has 31 heavy (non-hydrogen) atoms. The Morgan fingerprint density at radius 3 is 2.52 bits per heavy atom. The lowest BCUT2D eigenvalue weighted by atomic mass is 9.92. The molecule has 1 N–H and O–H groups in total. The molecular formula is C24H34N4O3. The van der Waals surface area contributed by atoms with E-state index in [1.54, 1.807) is 16.7 Å². The van der Waals surface area contributed by atoms with Gasteiger partial charge in [-0.3, -0.25) is 9.59 Å². The molecule has 7 nitrogen and oxygen atoms in total. The summed E-state index contributed by atoms with van der Waals surface area (Å²) in [5.41, 5.74) is 3.87. The highest BCUT2D eigenvalue weighted by atomic mass is 16.5. The van der Waals surface area contributed by atoms with Crippen LogP contribution in [0.1, 0.15) is 50.4 Å². The summed E-state index contributed by atoms with van der Waals surface area (Å²) >= 11 is 0. The van der Waals surface area contributed by atoms with Crippen molar-refractivity contribution in [3.63, 3.8) is 0 Å². The van der Waals surface area contributed by atoms with Gasteiger partial charge >= 0.3 is 0 Å². The number of aromatic nitrogens is 2. The molecule has 1 saturated carbocycles. The van der Waals surface area contributed by atoms with Gasteiger partial charge in [-0.1, -0.05) is 38.5 Å². The van der Waals surface area contributed by atoms with Crippen molar-refractivity contribution >= 4 is 17.6 Å². The van der Waals surface area contributed by atoms with Crippen molar-refractivity contribution in [3.05, 3.63) is 41.1 Å². The van der Waals surface area contributed by atoms with Gasteiger partial charge in [-0.05, 0) is 38.3 Å². The number of anilines is 1. The average Bonchev–Trinajstić information content (AvgIpc) is 3.45. The van der Waals surface area contributed by atoms with E-state index in [2.05, 4.69) is 39.1 Å². The van der Waals surface area contributed by atoms with Gasteiger partial charge in [0.05, 0.1) is 24.5 Å². The largest absolute Gasteiger partial charge is 0.383 e. The topological polar surface area (TPSA) is 76.5 Å². The van der Waals surface area contributed by atoms with E-state index >= 15 is 0 Å². The molecule has 0 unspecified atom stereocenters.